The minimum Gasteiger partial charge on any atom is -0.383 e. The summed E-state index contributed by atoms with van der Waals surface area (Å²) in [6.45, 7) is 5.96. The van der Waals surface area contributed by atoms with Gasteiger partial charge in [-0.05, 0) is 33.0 Å². The maximum Gasteiger partial charge on any atom is 0.204 e. The lowest BCUT2D eigenvalue weighted by atomic mass is 9.96. The van der Waals surface area contributed by atoms with Gasteiger partial charge in [-0.15, -0.1) is 0 Å². The van der Waals surface area contributed by atoms with E-state index in [-0.39, 0.29) is 11.3 Å². The lowest BCUT2D eigenvalue weighted by Gasteiger charge is -2.17. The van der Waals surface area contributed by atoms with Gasteiger partial charge in [0.1, 0.15) is 4.51 Å². The fraction of sp³-hybridized carbons (Fsp3) is 0.667. The third-order valence-corrected chi connectivity index (χ3v) is 3.00. The number of nitrogens with zero attached hydrogens (tertiary/aromatic N) is 1. The van der Waals surface area contributed by atoms with Gasteiger partial charge in [-0.2, -0.15) is 0 Å². The first-order chi connectivity index (χ1) is 7.45. The fourth-order valence-corrected chi connectivity index (χ4v) is 2.04. The Morgan fingerprint density at radius 3 is 2.50 bits per heavy atom. The SMILES string of the molecule is CC(C)c1c(NCCCN(C)C)c(=S)c1=O. The van der Waals surface area contributed by atoms with Gasteiger partial charge in [0.05, 0.1) is 5.69 Å². The summed E-state index contributed by atoms with van der Waals surface area (Å²) in [4.78, 5) is 13.6. The zero-order valence-electron chi connectivity index (χ0n) is 10.5. The van der Waals surface area contributed by atoms with E-state index in [0.717, 1.165) is 30.8 Å². The van der Waals surface area contributed by atoms with Crippen LogP contribution in [-0.2, 0) is 0 Å². The summed E-state index contributed by atoms with van der Waals surface area (Å²) >= 11 is 5.04. The average molecular weight is 240 g/mol. The smallest absolute Gasteiger partial charge is 0.204 e. The zero-order chi connectivity index (χ0) is 12.3. The van der Waals surface area contributed by atoms with Crippen molar-refractivity contribution in [3.05, 3.63) is 20.3 Å². The number of nitrogens with one attached hydrogen (secondary N) is 1. The van der Waals surface area contributed by atoms with Gasteiger partial charge in [0.25, 0.3) is 0 Å². The summed E-state index contributed by atoms with van der Waals surface area (Å²) < 4.78 is 0.480. The largest absolute Gasteiger partial charge is 0.383 e. The van der Waals surface area contributed by atoms with Gasteiger partial charge in [-0.1, -0.05) is 26.1 Å². The molecule has 0 saturated heterocycles. The lowest BCUT2D eigenvalue weighted by molar-refractivity contribution is 0.405. The first-order valence-electron chi connectivity index (χ1n) is 5.67. The Morgan fingerprint density at radius 1 is 1.38 bits per heavy atom. The maximum atomic E-state index is 11.5. The molecule has 0 unspecified atom stereocenters. The number of hydrogen-bond acceptors (Lipinski definition) is 4. The highest BCUT2D eigenvalue weighted by Crippen LogP contribution is 2.24. The molecule has 1 aromatic rings. The molecule has 1 aromatic carbocycles. The molecule has 0 heterocycles. The molecule has 4 heteroatoms. The average Bonchev–Trinajstić information content (AvgIpc) is 2.20. The molecular weight excluding hydrogens is 220 g/mol. The van der Waals surface area contributed by atoms with Crippen LogP contribution in [-0.4, -0.2) is 32.1 Å². The summed E-state index contributed by atoms with van der Waals surface area (Å²) in [5.41, 5.74) is 1.84. The van der Waals surface area contributed by atoms with Crippen molar-refractivity contribution in [2.24, 2.45) is 0 Å². The predicted octanol–water partition coefficient (Wildman–Crippen LogP) is 2.14. The molecule has 0 aliphatic heterocycles. The van der Waals surface area contributed by atoms with E-state index in [2.05, 4.69) is 24.3 Å². The van der Waals surface area contributed by atoms with Crippen LogP contribution in [0.1, 0.15) is 31.7 Å². The summed E-state index contributed by atoms with van der Waals surface area (Å²) in [7, 11) is 4.10. The Hall–Kier alpha value is -0.740. The van der Waals surface area contributed by atoms with Crippen molar-refractivity contribution in [3.8, 4) is 0 Å². The second-order valence-electron chi connectivity index (χ2n) is 4.69. The standard InChI is InChI=1S/C12H20N2OS/c1-8(2)9-10(12(16)11(9)15)13-6-5-7-14(3)4/h8,13H,5-7H2,1-4H3. The molecule has 1 rings (SSSR count). The Bertz CT molecular complexity index is 417. The van der Waals surface area contributed by atoms with Crippen LogP contribution >= 0.6 is 12.2 Å². The van der Waals surface area contributed by atoms with E-state index < -0.39 is 0 Å². The monoisotopic (exact) mass is 240 g/mol. The highest BCUT2D eigenvalue weighted by Gasteiger charge is 2.19. The van der Waals surface area contributed by atoms with E-state index >= 15 is 0 Å². The second kappa shape index (κ2) is 5.55. The fourth-order valence-electron chi connectivity index (χ4n) is 1.74. The topological polar surface area (TPSA) is 32.3 Å². The summed E-state index contributed by atoms with van der Waals surface area (Å²) in [5, 5.41) is 3.28. The number of anilines is 1. The van der Waals surface area contributed by atoms with Crippen molar-refractivity contribution in [1.82, 2.24) is 4.90 Å². The van der Waals surface area contributed by atoms with Crippen molar-refractivity contribution in [3.63, 3.8) is 0 Å². The molecule has 0 saturated carbocycles. The van der Waals surface area contributed by atoms with Gasteiger partial charge >= 0.3 is 0 Å². The van der Waals surface area contributed by atoms with Crippen LogP contribution < -0.4 is 10.7 Å². The van der Waals surface area contributed by atoms with Crippen LogP contribution in [0.25, 0.3) is 0 Å². The van der Waals surface area contributed by atoms with Gasteiger partial charge in [-0.3, -0.25) is 4.79 Å². The quantitative estimate of drug-likeness (QED) is 0.610. The van der Waals surface area contributed by atoms with Crippen LogP contribution in [0.15, 0.2) is 4.79 Å². The van der Waals surface area contributed by atoms with Gasteiger partial charge in [-0.25, -0.2) is 0 Å². The molecule has 0 aliphatic rings. The molecule has 0 radical (unpaired) electrons. The highest BCUT2D eigenvalue weighted by molar-refractivity contribution is 7.71. The van der Waals surface area contributed by atoms with Crippen LogP contribution in [0.2, 0.25) is 0 Å². The van der Waals surface area contributed by atoms with E-state index in [4.69, 9.17) is 12.2 Å². The van der Waals surface area contributed by atoms with Crippen molar-refractivity contribution >= 4 is 17.9 Å². The molecule has 1 N–H and O–H groups in total. The number of rotatable bonds is 6. The normalized spacial score (nSPS) is 11.6. The first-order valence-corrected chi connectivity index (χ1v) is 6.07. The van der Waals surface area contributed by atoms with Gasteiger partial charge in [0.15, 0.2) is 0 Å². The van der Waals surface area contributed by atoms with Crippen LogP contribution in [0, 0.1) is 4.51 Å². The predicted molar refractivity (Wildman–Crippen MR) is 71.7 cm³/mol. The van der Waals surface area contributed by atoms with Crippen molar-refractivity contribution in [2.45, 2.75) is 26.2 Å². The van der Waals surface area contributed by atoms with E-state index in [9.17, 15) is 4.79 Å². The molecule has 0 amide bonds. The minimum absolute atomic E-state index is 0.0557. The molecule has 0 aromatic heterocycles. The van der Waals surface area contributed by atoms with E-state index in [1.807, 2.05) is 13.8 Å². The van der Waals surface area contributed by atoms with Crippen molar-refractivity contribution in [1.29, 1.82) is 0 Å². The summed E-state index contributed by atoms with van der Waals surface area (Å²) in [5.74, 6) is 0.260. The molecule has 0 fully saturated rings. The lowest BCUT2D eigenvalue weighted by Crippen LogP contribution is -2.24. The zero-order valence-corrected chi connectivity index (χ0v) is 11.3. The second-order valence-corrected chi connectivity index (χ2v) is 5.09. The molecule has 3 nitrogen and oxygen atoms in total. The Balaban J connectivity index is 2.52. The van der Waals surface area contributed by atoms with Crippen molar-refractivity contribution < 1.29 is 0 Å². The van der Waals surface area contributed by atoms with Gasteiger partial charge in [0, 0.05) is 12.1 Å². The van der Waals surface area contributed by atoms with Crippen LogP contribution in [0.3, 0.4) is 0 Å². The molecule has 16 heavy (non-hydrogen) atoms. The summed E-state index contributed by atoms with van der Waals surface area (Å²) in [6, 6.07) is 0. The number of hydrogen-bond donors (Lipinski definition) is 1. The van der Waals surface area contributed by atoms with Gasteiger partial charge < -0.3 is 10.2 Å². The van der Waals surface area contributed by atoms with Gasteiger partial charge in [0.2, 0.25) is 5.43 Å². The summed E-state index contributed by atoms with van der Waals surface area (Å²) in [6.07, 6.45) is 1.05. The Morgan fingerprint density at radius 2 is 2.00 bits per heavy atom. The van der Waals surface area contributed by atoms with Crippen molar-refractivity contribution in [2.75, 3.05) is 32.5 Å². The first kappa shape index (κ1) is 13.3. The molecule has 0 bridgehead atoms. The van der Waals surface area contributed by atoms with Crippen LogP contribution in [0.4, 0.5) is 5.69 Å². The highest BCUT2D eigenvalue weighted by atomic mass is 32.1. The van der Waals surface area contributed by atoms with E-state index in [0.29, 0.717) is 4.51 Å². The Kier molecular flexibility index (Phi) is 4.62. The molecule has 0 atom stereocenters. The molecule has 90 valence electrons. The van der Waals surface area contributed by atoms with Crippen LogP contribution in [0.5, 0.6) is 0 Å². The Labute approximate surface area is 102 Å². The molecule has 0 spiro atoms. The minimum atomic E-state index is 0.0557. The molecule has 0 aliphatic carbocycles. The maximum absolute atomic E-state index is 11.5. The third kappa shape index (κ3) is 2.89. The van der Waals surface area contributed by atoms with E-state index in [1.54, 1.807) is 0 Å². The third-order valence-electron chi connectivity index (χ3n) is 2.61. The van der Waals surface area contributed by atoms with E-state index in [1.165, 1.54) is 0 Å². The molecular formula is C12H20N2OS.